The molecule has 0 amide bonds. The summed E-state index contributed by atoms with van der Waals surface area (Å²) in [6.45, 7) is 6.20. The lowest BCUT2D eigenvalue weighted by molar-refractivity contribution is -0.208. The summed E-state index contributed by atoms with van der Waals surface area (Å²) in [6.07, 6.45) is 8.25. The molecule has 0 spiro atoms. The third-order valence-corrected chi connectivity index (χ3v) is 21.6. The molecule has 4 fully saturated rings. The molecule has 0 heterocycles. The summed E-state index contributed by atoms with van der Waals surface area (Å²) >= 11 is 0. The minimum absolute atomic E-state index is 0.0101. The van der Waals surface area contributed by atoms with Crippen molar-refractivity contribution in [1.29, 1.82) is 0 Å². The summed E-state index contributed by atoms with van der Waals surface area (Å²) in [5.74, 6) is -5.48. The highest BCUT2D eigenvalue weighted by molar-refractivity contribution is 5.70. The van der Waals surface area contributed by atoms with Gasteiger partial charge in [-0.2, -0.15) is 43.9 Å². The Kier molecular flexibility index (Phi) is 48.5. The predicted molar refractivity (Wildman–Crippen MR) is 457 cm³/mol. The second-order valence-corrected chi connectivity index (χ2v) is 32.7. The normalized spacial score (nSPS) is 24.5. The van der Waals surface area contributed by atoms with Gasteiger partial charge in [0.2, 0.25) is 0 Å². The fraction of sp³-hybridized carbons (Fsp3) is 0.542. The lowest BCUT2D eigenvalue weighted by atomic mass is 9.89. The number of hydrogen-bond donors (Lipinski definition) is 12. The van der Waals surface area contributed by atoms with E-state index >= 15 is 0 Å². The van der Waals surface area contributed by atoms with E-state index in [-0.39, 0.29) is 130 Å². The first kappa shape index (κ1) is 110. The fourth-order valence-electron chi connectivity index (χ4n) is 15.0. The van der Waals surface area contributed by atoms with Crippen molar-refractivity contribution >= 4 is 23.9 Å². The highest BCUT2D eigenvalue weighted by Crippen LogP contribution is 2.42. The zero-order valence-corrected chi connectivity index (χ0v) is 72.4. The molecule has 32 heteroatoms. The number of rotatable bonds is 46. The van der Waals surface area contributed by atoms with Gasteiger partial charge < -0.3 is 89.7 Å². The Morgan fingerprint density at radius 1 is 0.383 bits per heavy atom. The van der Waals surface area contributed by atoms with Crippen molar-refractivity contribution in [2.75, 3.05) is 13.2 Å². The maximum absolute atomic E-state index is 14.1. The molecule has 0 aromatic heterocycles. The van der Waals surface area contributed by atoms with Crippen LogP contribution in [0.15, 0.2) is 206 Å². The first-order chi connectivity index (χ1) is 60.5. The summed E-state index contributed by atoms with van der Waals surface area (Å²) in [4.78, 5) is 44.0. The molecule has 22 nitrogen and oxygen atoms in total. The smallest absolute Gasteiger partial charge is 0.416 e. The number of carboxylic acid groups (broad SMARTS) is 2. The number of carbonyl (C=O) groups is 4. The van der Waals surface area contributed by atoms with Crippen LogP contribution in [0, 0.1) is 47.3 Å². The number of carbonyl (C=O) groups excluding carboxylic acids is 2. The van der Waals surface area contributed by atoms with E-state index in [0.29, 0.717) is 113 Å². The molecule has 0 bridgehead atoms. The van der Waals surface area contributed by atoms with Gasteiger partial charge in [-0.05, 0) is 176 Å². The summed E-state index contributed by atoms with van der Waals surface area (Å²) in [5.41, 5.74) is -0.420. The van der Waals surface area contributed by atoms with Crippen LogP contribution >= 0.6 is 0 Å². The average molecular weight is 1820 g/mol. The summed E-state index contributed by atoms with van der Waals surface area (Å²) < 4.78 is 163. The first-order valence-corrected chi connectivity index (χ1v) is 43.2. The van der Waals surface area contributed by atoms with Crippen molar-refractivity contribution in [3.05, 3.63) is 229 Å². The molecular formula is C96H126F10O22. The van der Waals surface area contributed by atoms with Crippen LogP contribution in [-0.4, -0.2) is 184 Å². The largest absolute Gasteiger partial charge is 0.491 e. The molecule has 128 heavy (non-hydrogen) atoms. The highest BCUT2D eigenvalue weighted by Gasteiger charge is 2.44. The van der Waals surface area contributed by atoms with Gasteiger partial charge in [0.1, 0.15) is 36.9 Å². The molecule has 12 N–H and O–H groups in total. The van der Waals surface area contributed by atoms with Crippen LogP contribution in [0.25, 0.3) is 0 Å². The van der Waals surface area contributed by atoms with Gasteiger partial charge in [0.15, 0.2) is 0 Å². The maximum Gasteiger partial charge on any atom is 0.416 e. The van der Waals surface area contributed by atoms with E-state index in [0.717, 1.165) is 24.3 Å². The van der Waals surface area contributed by atoms with Crippen LogP contribution in [0.1, 0.15) is 178 Å². The van der Waals surface area contributed by atoms with Gasteiger partial charge >= 0.3 is 48.4 Å². The molecule has 4 aliphatic rings. The highest BCUT2D eigenvalue weighted by atomic mass is 19.4. The Hall–Kier alpha value is -8.90. The molecular weight excluding hydrogens is 1700 g/mol. The summed E-state index contributed by atoms with van der Waals surface area (Å²) in [5, 5.41) is 119. The van der Waals surface area contributed by atoms with Gasteiger partial charge in [-0.3, -0.25) is 19.2 Å². The predicted octanol–water partition coefficient (Wildman–Crippen LogP) is 16.7. The molecule has 8 rings (SSSR count). The maximum atomic E-state index is 14.1. The number of ether oxygens (including phenoxy) is 6. The van der Waals surface area contributed by atoms with Crippen LogP contribution in [-0.2, 0) is 63.7 Å². The molecule has 712 valence electrons. The minimum Gasteiger partial charge on any atom is -0.491 e. The van der Waals surface area contributed by atoms with E-state index in [2.05, 4.69) is 0 Å². The molecule has 4 aliphatic carbocycles. The Labute approximate surface area is 741 Å². The van der Waals surface area contributed by atoms with E-state index in [1.54, 1.807) is 107 Å². The van der Waals surface area contributed by atoms with Crippen LogP contribution in [0.5, 0.6) is 11.5 Å². The topological polar surface area (TPSA) is 366 Å². The number of halogens is 10. The van der Waals surface area contributed by atoms with Gasteiger partial charge in [0, 0.05) is 87.2 Å². The number of aliphatic hydroxyl groups is 10. The van der Waals surface area contributed by atoms with Crippen molar-refractivity contribution in [1.82, 2.24) is 0 Å². The van der Waals surface area contributed by atoms with E-state index < -0.39 is 126 Å². The van der Waals surface area contributed by atoms with Crippen LogP contribution in [0.2, 0.25) is 0 Å². The summed E-state index contributed by atoms with van der Waals surface area (Å²) in [6, 6.07) is 26.1. The Morgan fingerprint density at radius 2 is 0.672 bits per heavy atom. The van der Waals surface area contributed by atoms with Gasteiger partial charge in [-0.25, -0.2) is 0 Å². The number of hydrogen-bond acceptors (Lipinski definition) is 20. The Balaban J connectivity index is 0.000000303. The number of aliphatic hydroxyl groups excluding tert-OH is 10. The van der Waals surface area contributed by atoms with E-state index in [1.807, 2.05) is 42.5 Å². The van der Waals surface area contributed by atoms with Crippen molar-refractivity contribution < 1.29 is 153 Å². The molecule has 0 saturated heterocycles. The SMILES string of the molecule is CC(C)OC(=O)CCC/C=C\CC1C(O)CC(O)C1/C=C/C(O)COc1cccc(C(F)(F)F)c1.CC(C)OC(=O)CCC/C=C\C[C@@H]1[C@@H](/C=C/C(F)(F)OCc2ccccc2)[C@H](O)C[C@@H]1O.O=C(O)CCC/C=C\CC1C(O)CC(O)C1/C=C/C(O)COc1cccc(C(F)(F)F)c1.O=C(O)CCC/C=C\C[C@@H]1[C@@H](/C=C/C(F)(F)OCc2ccccc2)[C@H](O)C[C@@H]1O. The molecule has 18 atom stereocenters. The standard InChI is InChI=1S/C26H35F3O6.C25H34F2O5.C23H29F3O6.C22H28F2O5/c1-17(2)35-25(33)11-6-4-3-5-10-21-22(24(32)15-23(21)31)13-12-19(30)16-34-20-9-7-8-18(14-20)26(27,28)29;1-18(2)32-24(30)13-9-4-3-8-12-20-21(23(29)16-22(20)28)14-15-25(26,27)31-17-19-10-6-5-7-11-19;24-23(25,26)15-6-5-7-17(12-15)32-14-16(27)10-11-19-18(20(28)13-21(19)29)8-3-1-2-4-9-22(30)31;23-22(24,29-15-16-8-4-3-5-9-16)13-12-18-17(19(25)14-20(18)26)10-6-1-2-7-11-21(27)28/h3,5,7-9,12-14,17,19,21-24,30-32H,4,6,10-11,15-16H2,1-2H3;3,5-8,10-11,14-15,18,20-23,28-29H,4,9,12-13,16-17H2,1-2H3;1,3,5-7,10-12,16,18-21,27-29H,2,4,8-9,13-14H2,(H,30,31);1,3-6,8-9,12-13,17-20,25-26H,2,7,10-11,14-15H2,(H,27,28)/b5-3-,13-12+;8-3-,15-14+;3-1-,11-10+;6-1-,13-12+/t;20-,21-,22+,23-;;17-,18-,19+,20-/m.1.1/s1. The van der Waals surface area contributed by atoms with E-state index in [1.165, 1.54) is 48.6 Å². The Bertz CT molecular complexity index is 4120. The molecule has 4 aromatic carbocycles. The average Bonchev–Trinajstić information content (AvgIpc) is 1.73. The van der Waals surface area contributed by atoms with Crippen molar-refractivity contribution in [3.8, 4) is 11.5 Å². The van der Waals surface area contributed by atoms with Gasteiger partial charge in [0.05, 0.1) is 85.4 Å². The van der Waals surface area contributed by atoms with E-state index in [9.17, 15) is 114 Å². The fourth-order valence-corrected chi connectivity index (χ4v) is 15.0. The number of unbranched alkanes of at least 4 members (excludes halogenated alkanes) is 4. The van der Waals surface area contributed by atoms with Crippen LogP contribution in [0.3, 0.4) is 0 Å². The number of benzene rings is 4. The first-order valence-electron chi connectivity index (χ1n) is 43.2. The second-order valence-electron chi connectivity index (χ2n) is 32.7. The zero-order valence-electron chi connectivity index (χ0n) is 72.4. The van der Waals surface area contributed by atoms with Gasteiger partial charge in [-0.15, -0.1) is 0 Å². The lowest BCUT2D eigenvalue weighted by Crippen LogP contribution is -2.22. The van der Waals surface area contributed by atoms with Crippen molar-refractivity contribution in [2.45, 2.75) is 267 Å². The quantitative estimate of drug-likeness (QED) is 0.00846. The zero-order chi connectivity index (χ0) is 94.6. The number of alkyl halides is 10. The second kappa shape index (κ2) is 56.6. The number of allylic oxidation sites excluding steroid dienone is 8. The monoisotopic (exact) mass is 1820 g/mol. The molecule has 10 unspecified atom stereocenters. The number of aliphatic carboxylic acids is 2. The van der Waals surface area contributed by atoms with Gasteiger partial charge in [-0.1, -0.05) is 158 Å². The van der Waals surface area contributed by atoms with E-state index in [4.69, 9.17) is 38.6 Å². The minimum atomic E-state index is -4.49. The molecule has 4 aromatic rings. The van der Waals surface area contributed by atoms with Crippen molar-refractivity contribution in [2.24, 2.45) is 47.3 Å². The molecule has 4 saturated carbocycles. The van der Waals surface area contributed by atoms with Crippen molar-refractivity contribution in [3.63, 3.8) is 0 Å². The third kappa shape index (κ3) is 43.2. The molecule has 0 radical (unpaired) electrons. The molecule has 0 aliphatic heterocycles. The number of esters is 2. The lowest BCUT2D eigenvalue weighted by Gasteiger charge is -2.20. The van der Waals surface area contributed by atoms with Crippen LogP contribution in [0.4, 0.5) is 43.9 Å². The van der Waals surface area contributed by atoms with Crippen LogP contribution < -0.4 is 9.47 Å². The number of carboxylic acids is 2. The summed E-state index contributed by atoms with van der Waals surface area (Å²) in [7, 11) is 0. The Morgan fingerprint density at radius 3 is 0.953 bits per heavy atom. The third-order valence-electron chi connectivity index (χ3n) is 21.6. The van der Waals surface area contributed by atoms with Gasteiger partial charge in [0.25, 0.3) is 0 Å².